The van der Waals surface area contributed by atoms with Crippen LogP contribution < -0.4 is 0 Å². The van der Waals surface area contributed by atoms with Gasteiger partial charge in [0, 0.05) is 0 Å². The maximum atomic E-state index is 9.77. The quantitative estimate of drug-likeness (QED) is 0.310. The normalized spacial score (nSPS) is 26.4. The molecular weight excluding hydrogens is 356 g/mol. The van der Waals surface area contributed by atoms with Crippen molar-refractivity contribution in [3.05, 3.63) is 55.3 Å². The summed E-state index contributed by atoms with van der Waals surface area (Å²) < 4.78 is 15.0. The Morgan fingerprint density at radius 3 is 1.40 bits per heavy atom. The average Bonchev–Trinajstić information content (AvgIpc) is 2.82. The molecule has 0 heterocycles. The van der Waals surface area contributed by atoms with Crippen LogP contribution in [0.4, 0.5) is 0 Å². The van der Waals surface area contributed by atoms with E-state index >= 15 is 0 Å². The molecule has 4 heteroatoms. The number of hydrogen-bond acceptors (Lipinski definition) is 1. The molecule has 0 atom stereocenters. The Balaban J connectivity index is -0.000000312. The molecule has 1 aromatic rings. The second kappa shape index (κ2) is 17.5. The molecule has 0 aromatic heterocycles. The second-order valence-electron chi connectivity index (χ2n) is 6.16. The summed E-state index contributed by atoms with van der Waals surface area (Å²) in [7, 11) is 0. The third kappa shape index (κ3) is 10.3. The summed E-state index contributed by atoms with van der Waals surface area (Å²) in [6.07, 6.45) is 4.76. The van der Waals surface area contributed by atoms with Crippen LogP contribution in [0.2, 0.25) is 0 Å². The maximum Gasteiger partial charge on any atom is 2.00 e. The van der Waals surface area contributed by atoms with Crippen LogP contribution in [0.15, 0.2) is 36.4 Å². The molecule has 1 fully saturated rings. The van der Waals surface area contributed by atoms with E-state index in [1.165, 1.54) is 6.08 Å². The fraction of sp³-hybridized carbons (Fsp3) is 0.476. The van der Waals surface area contributed by atoms with Gasteiger partial charge in [0.1, 0.15) is 0 Å². The molecule has 0 radical (unpaired) electrons. The molecule has 0 amide bonds. The fourth-order valence-corrected chi connectivity index (χ4v) is 3.09. The van der Waals surface area contributed by atoms with Gasteiger partial charge >= 0.3 is 39.7 Å². The van der Waals surface area contributed by atoms with Crippen molar-refractivity contribution in [1.82, 2.24) is 0 Å². The Morgan fingerprint density at radius 2 is 1.12 bits per heavy atom. The van der Waals surface area contributed by atoms with Crippen LogP contribution in [-0.2, 0) is 31.2 Å². The molecule has 1 aromatic carbocycles. The summed E-state index contributed by atoms with van der Waals surface area (Å²) in [5.74, 6) is 4.68. The van der Waals surface area contributed by atoms with Gasteiger partial charge in [0.15, 0.2) is 0 Å². The average molecular weight is 383 g/mol. The van der Waals surface area contributed by atoms with Gasteiger partial charge in [-0.05, 0) is 35.9 Å². The van der Waals surface area contributed by atoms with E-state index in [4.69, 9.17) is 9.30 Å². The van der Waals surface area contributed by atoms with Gasteiger partial charge in [0.05, 0.1) is 0 Å². The molecule has 25 heavy (non-hydrogen) atoms. The van der Waals surface area contributed by atoms with Gasteiger partial charge in [0.2, 0.25) is 0 Å². The predicted molar refractivity (Wildman–Crippen MR) is 94.8 cm³/mol. The zero-order valence-electron chi connectivity index (χ0n) is 15.5. The molecule has 3 nitrogen and oxygen atoms in total. The third-order valence-corrected chi connectivity index (χ3v) is 5.29. The molecule has 2 rings (SSSR count). The summed E-state index contributed by atoms with van der Waals surface area (Å²) in [6.45, 7) is 21.0. The summed E-state index contributed by atoms with van der Waals surface area (Å²) in [5, 5.41) is 0. The van der Waals surface area contributed by atoms with Crippen LogP contribution in [0.1, 0.15) is 40.2 Å². The zero-order valence-corrected chi connectivity index (χ0v) is 16.6. The largest absolute Gasteiger partial charge is 2.00 e. The van der Waals surface area contributed by atoms with E-state index in [2.05, 4.69) is 47.9 Å². The molecule has 0 N–H and O–H groups in total. The van der Waals surface area contributed by atoms with Crippen LogP contribution in [-0.4, -0.2) is 6.29 Å². The first-order valence-electron chi connectivity index (χ1n) is 7.99. The van der Waals surface area contributed by atoms with Crippen LogP contribution >= 0.6 is 0 Å². The van der Waals surface area contributed by atoms with Crippen molar-refractivity contribution in [2.45, 2.75) is 34.6 Å². The molecule has 1 aliphatic rings. The van der Waals surface area contributed by atoms with Crippen molar-refractivity contribution in [2.24, 2.45) is 29.6 Å². The molecule has 1 saturated carbocycles. The van der Waals surface area contributed by atoms with E-state index in [0.717, 1.165) is 35.2 Å². The van der Waals surface area contributed by atoms with Crippen LogP contribution in [0.5, 0.6) is 0 Å². The summed E-state index contributed by atoms with van der Waals surface area (Å²) in [4.78, 5) is 9.77. The SMILES string of the molecule is CC1C(C)C(C)C(C)C1C.O=[C-]/C=C/c1ccccc1.[C-]#[O+].[C-]#[O+].[Fe+2]. The van der Waals surface area contributed by atoms with E-state index in [-0.39, 0.29) is 17.1 Å². The van der Waals surface area contributed by atoms with E-state index in [0.29, 0.717) is 0 Å². The summed E-state index contributed by atoms with van der Waals surface area (Å²) in [5.41, 5.74) is 1.02. The molecule has 0 bridgehead atoms. The monoisotopic (exact) mass is 383 g/mol. The van der Waals surface area contributed by atoms with Crippen molar-refractivity contribution in [1.29, 1.82) is 0 Å². The number of allylic oxidation sites excluding steroid dienone is 1. The number of carbonyl (C=O) groups excluding carboxylic acids is 1. The predicted octanol–water partition coefficient (Wildman–Crippen LogP) is 4.91. The van der Waals surface area contributed by atoms with E-state index in [1.807, 2.05) is 30.3 Å². The summed E-state index contributed by atoms with van der Waals surface area (Å²) >= 11 is 0. The molecule has 1 aliphatic carbocycles. The van der Waals surface area contributed by atoms with Gasteiger partial charge in [-0.15, -0.1) is 5.56 Å². The van der Waals surface area contributed by atoms with Crippen molar-refractivity contribution >= 4 is 12.4 Å². The Labute approximate surface area is 163 Å². The van der Waals surface area contributed by atoms with Crippen molar-refractivity contribution in [2.75, 3.05) is 0 Å². The first-order valence-corrected chi connectivity index (χ1v) is 7.99. The van der Waals surface area contributed by atoms with E-state index in [9.17, 15) is 4.79 Å². The van der Waals surface area contributed by atoms with Gasteiger partial charge in [-0.3, -0.25) is 0 Å². The number of benzene rings is 1. The van der Waals surface area contributed by atoms with Crippen LogP contribution in [0.3, 0.4) is 0 Å². The van der Waals surface area contributed by atoms with Gasteiger partial charge in [-0.1, -0.05) is 65.0 Å². The second-order valence-corrected chi connectivity index (χ2v) is 6.16. The topological polar surface area (TPSA) is 56.9 Å². The Bertz CT molecular complexity index is 457. The zero-order chi connectivity index (χ0) is 19.1. The Kier molecular flexibility index (Phi) is 19.8. The minimum absolute atomic E-state index is 0. The molecule has 0 spiro atoms. The van der Waals surface area contributed by atoms with Crippen LogP contribution in [0, 0.1) is 42.9 Å². The van der Waals surface area contributed by atoms with Gasteiger partial charge in [0.25, 0.3) is 0 Å². The van der Waals surface area contributed by atoms with E-state index in [1.54, 1.807) is 12.4 Å². The third-order valence-electron chi connectivity index (χ3n) is 5.29. The Hall–Kier alpha value is -1.37. The first-order chi connectivity index (χ1) is 11.5. The maximum absolute atomic E-state index is 9.77. The fourth-order valence-electron chi connectivity index (χ4n) is 3.09. The molecule has 0 saturated heterocycles. The molecular formula is C21H27FeO3+. The van der Waals surface area contributed by atoms with Gasteiger partial charge in [-0.25, -0.2) is 6.08 Å². The minimum Gasteiger partial charge on any atom is 2.00 e. The van der Waals surface area contributed by atoms with Gasteiger partial charge < -0.3 is 4.79 Å². The Morgan fingerprint density at radius 1 is 0.800 bits per heavy atom. The molecule has 0 aliphatic heterocycles. The standard InChI is InChI=1S/C10H20.C9H7O.2CO.Fe/c1-6-7(2)9(4)10(5)8(6)3;10-8-4-7-9-5-2-1-3-6-9;2*1-2;/h6-10H,1-5H3;1-7H;;;/q;-1;;;+2/b;7-4+;;;. The number of rotatable bonds is 2. The van der Waals surface area contributed by atoms with Crippen molar-refractivity contribution in [3.63, 3.8) is 0 Å². The van der Waals surface area contributed by atoms with Crippen molar-refractivity contribution in [3.8, 4) is 0 Å². The van der Waals surface area contributed by atoms with Crippen LogP contribution in [0.25, 0.3) is 6.08 Å². The van der Waals surface area contributed by atoms with Crippen molar-refractivity contribution < 1.29 is 31.2 Å². The summed E-state index contributed by atoms with van der Waals surface area (Å²) in [6, 6.07) is 9.62. The molecule has 136 valence electrons. The molecule has 0 unspecified atom stereocenters. The first kappa shape index (κ1) is 28.4. The number of hydrogen-bond donors (Lipinski definition) is 0. The van der Waals surface area contributed by atoms with Gasteiger partial charge in [-0.2, -0.15) is 6.08 Å². The van der Waals surface area contributed by atoms with E-state index < -0.39 is 0 Å². The minimum atomic E-state index is 0. The smallest absolute Gasteiger partial charge is 2.00 e.